The molecular formula is C19H28FN3O. The van der Waals surface area contributed by atoms with E-state index < -0.39 is 0 Å². The molecule has 1 atom stereocenters. The third-order valence-electron chi connectivity index (χ3n) is 5.45. The lowest BCUT2D eigenvalue weighted by Crippen LogP contribution is -2.47. The number of anilines is 1. The van der Waals surface area contributed by atoms with Crippen LogP contribution < -0.4 is 10.2 Å². The van der Waals surface area contributed by atoms with E-state index in [0.717, 1.165) is 56.6 Å². The summed E-state index contributed by atoms with van der Waals surface area (Å²) < 4.78 is 20.2. The number of nitrogens with one attached hydrogen (secondary N) is 1. The molecule has 1 saturated carbocycles. The van der Waals surface area contributed by atoms with Gasteiger partial charge >= 0.3 is 0 Å². The molecule has 24 heavy (non-hydrogen) atoms. The first-order valence-corrected chi connectivity index (χ1v) is 9.40. The minimum atomic E-state index is -0.101. The van der Waals surface area contributed by atoms with Crippen LogP contribution in [0.15, 0.2) is 18.2 Å². The van der Waals surface area contributed by atoms with Crippen LogP contribution in [-0.4, -0.2) is 56.4 Å². The molecule has 0 amide bonds. The molecule has 4 nitrogen and oxygen atoms in total. The molecule has 2 aliphatic heterocycles. The topological polar surface area (TPSA) is 27.7 Å². The molecule has 0 bridgehead atoms. The number of morpholine rings is 1. The summed E-state index contributed by atoms with van der Waals surface area (Å²) in [4.78, 5) is 4.86. The Morgan fingerprint density at radius 1 is 1.17 bits per heavy atom. The van der Waals surface area contributed by atoms with Crippen molar-refractivity contribution in [1.82, 2.24) is 10.2 Å². The molecule has 0 spiro atoms. The van der Waals surface area contributed by atoms with Gasteiger partial charge in [-0.1, -0.05) is 6.07 Å². The van der Waals surface area contributed by atoms with Crippen molar-refractivity contribution in [3.63, 3.8) is 0 Å². The van der Waals surface area contributed by atoms with E-state index in [-0.39, 0.29) is 11.9 Å². The molecule has 0 aromatic heterocycles. The highest BCUT2D eigenvalue weighted by molar-refractivity contribution is 5.54. The predicted molar refractivity (Wildman–Crippen MR) is 93.9 cm³/mol. The second kappa shape index (κ2) is 7.38. The van der Waals surface area contributed by atoms with E-state index in [1.54, 1.807) is 6.07 Å². The van der Waals surface area contributed by atoms with E-state index in [4.69, 9.17) is 4.74 Å². The lowest BCUT2D eigenvalue weighted by Gasteiger charge is -2.33. The van der Waals surface area contributed by atoms with Crippen LogP contribution in [-0.2, 0) is 11.3 Å². The van der Waals surface area contributed by atoms with Gasteiger partial charge in [0.25, 0.3) is 0 Å². The van der Waals surface area contributed by atoms with Crippen LogP contribution in [0.3, 0.4) is 0 Å². The van der Waals surface area contributed by atoms with Gasteiger partial charge in [0.1, 0.15) is 5.82 Å². The van der Waals surface area contributed by atoms with Crippen LogP contribution in [0.4, 0.5) is 10.1 Å². The Morgan fingerprint density at radius 3 is 2.79 bits per heavy atom. The maximum atomic E-state index is 14.3. The lowest BCUT2D eigenvalue weighted by molar-refractivity contribution is -0.0301. The Kier molecular flexibility index (Phi) is 5.01. The minimum absolute atomic E-state index is 0.101. The van der Waals surface area contributed by atoms with Crippen LogP contribution in [0.2, 0.25) is 0 Å². The molecule has 1 N–H and O–H groups in total. The van der Waals surface area contributed by atoms with Gasteiger partial charge in [-0.2, -0.15) is 0 Å². The average Bonchev–Trinajstić information content (AvgIpc) is 3.32. The van der Waals surface area contributed by atoms with E-state index >= 15 is 0 Å². The highest BCUT2D eigenvalue weighted by Gasteiger charge is 2.32. The highest BCUT2D eigenvalue weighted by atomic mass is 19.1. The summed E-state index contributed by atoms with van der Waals surface area (Å²) in [5, 5.41) is 3.44. The normalized spacial score (nSPS) is 25.4. The van der Waals surface area contributed by atoms with E-state index in [1.165, 1.54) is 25.7 Å². The third kappa shape index (κ3) is 3.73. The Bertz CT molecular complexity index is 558. The second-order valence-corrected chi connectivity index (χ2v) is 7.28. The fourth-order valence-electron chi connectivity index (χ4n) is 3.97. The number of ether oxygens (including phenoxy) is 1. The first kappa shape index (κ1) is 16.3. The zero-order chi connectivity index (χ0) is 16.4. The summed E-state index contributed by atoms with van der Waals surface area (Å²) in [5.41, 5.74) is 1.86. The molecule has 1 aromatic carbocycles. The van der Waals surface area contributed by atoms with Gasteiger partial charge in [-0.05, 0) is 37.8 Å². The van der Waals surface area contributed by atoms with Crippen LogP contribution >= 0.6 is 0 Å². The Morgan fingerprint density at radius 2 is 2.00 bits per heavy atom. The molecule has 4 rings (SSSR count). The molecule has 2 heterocycles. The lowest BCUT2D eigenvalue weighted by atomic mass is 10.1. The smallest absolute Gasteiger partial charge is 0.129 e. The first-order chi connectivity index (χ1) is 11.8. The first-order valence-electron chi connectivity index (χ1n) is 9.40. The van der Waals surface area contributed by atoms with Gasteiger partial charge < -0.3 is 15.0 Å². The number of halogens is 1. The van der Waals surface area contributed by atoms with Crippen molar-refractivity contribution in [3.8, 4) is 0 Å². The van der Waals surface area contributed by atoms with Crippen molar-refractivity contribution in [2.45, 2.75) is 44.4 Å². The fourth-order valence-corrected chi connectivity index (χ4v) is 3.97. The van der Waals surface area contributed by atoms with Crippen LogP contribution in [0, 0.1) is 5.82 Å². The van der Waals surface area contributed by atoms with Gasteiger partial charge in [-0.25, -0.2) is 4.39 Å². The maximum absolute atomic E-state index is 14.3. The van der Waals surface area contributed by atoms with Gasteiger partial charge in [0.2, 0.25) is 0 Å². The molecule has 0 radical (unpaired) electrons. The number of hydrogen-bond donors (Lipinski definition) is 1. The summed E-state index contributed by atoms with van der Waals surface area (Å²) in [7, 11) is 0. The van der Waals surface area contributed by atoms with Crippen LogP contribution in [0.1, 0.15) is 31.2 Å². The van der Waals surface area contributed by atoms with Crippen molar-refractivity contribution in [3.05, 3.63) is 29.6 Å². The van der Waals surface area contributed by atoms with Crippen molar-refractivity contribution in [2.24, 2.45) is 0 Å². The Labute approximate surface area is 144 Å². The quantitative estimate of drug-likeness (QED) is 0.865. The monoisotopic (exact) mass is 333 g/mol. The third-order valence-corrected chi connectivity index (χ3v) is 5.45. The largest absolute Gasteiger partial charge is 0.374 e. The molecular weight excluding hydrogens is 305 g/mol. The number of hydrogen-bond acceptors (Lipinski definition) is 4. The van der Waals surface area contributed by atoms with Gasteiger partial charge in [0.15, 0.2) is 0 Å². The molecule has 2 saturated heterocycles. The zero-order valence-electron chi connectivity index (χ0n) is 14.3. The summed E-state index contributed by atoms with van der Waals surface area (Å²) in [6, 6.07) is 6.24. The maximum Gasteiger partial charge on any atom is 0.129 e. The molecule has 5 heteroatoms. The number of benzene rings is 1. The summed E-state index contributed by atoms with van der Waals surface area (Å²) >= 11 is 0. The molecule has 1 aromatic rings. The summed E-state index contributed by atoms with van der Waals surface area (Å²) in [6.45, 7) is 6.33. The fraction of sp³-hybridized carbons (Fsp3) is 0.684. The number of rotatable bonds is 6. The van der Waals surface area contributed by atoms with E-state index in [2.05, 4.69) is 21.2 Å². The van der Waals surface area contributed by atoms with Crippen LogP contribution in [0.5, 0.6) is 0 Å². The minimum Gasteiger partial charge on any atom is -0.374 e. The van der Waals surface area contributed by atoms with Crippen molar-refractivity contribution >= 4 is 5.69 Å². The summed E-state index contributed by atoms with van der Waals surface area (Å²) in [5.74, 6) is -0.101. The molecule has 3 fully saturated rings. The van der Waals surface area contributed by atoms with Gasteiger partial charge in [0.05, 0.1) is 12.7 Å². The molecule has 0 unspecified atom stereocenters. The highest BCUT2D eigenvalue weighted by Crippen LogP contribution is 2.28. The van der Waals surface area contributed by atoms with Crippen molar-refractivity contribution in [1.29, 1.82) is 0 Å². The van der Waals surface area contributed by atoms with E-state index in [1.807, 2.05) is 6.07 Å². The van der Waals surface area contributed by atoms with Crippen molar-refractivity contribution in [2.75, 3.05) is 44.2 Å². The molecule has 3 aliphatic rings. The zero-order valence-corrected chi connectivity index (χ0v) is 14.3. The molecule has 132 valence electrons. The van der Waals surface area contributed by atoms with Gasteiger partial charge in [0, 0.05) is 56.6 Å². The Balaban J connectivity index is 1.33. The second-order valence-electron chi connectivity index (χ2n) is 7.28. The standard InChI is InChI=1S/C19H28FN3O/c20-18-4-3-5-19(22-8-1-2-9-22)17(18)13-21-12-16-14-23(10-11-24-16)15-6-7-15/h3-5,15-16,21H,1-2,6-14H2/t16-/m1/s1. The summed E-state index contributed by atoms with van der Waals surface area (Å²) in [6.07, 6.45) is 5.32. The number of nitrogens with zero attached hydrogens (tertiary/aromatic N) is 2. The molecule has 1 aliphatic carbocycles. The predicted octanol–water partition coefficient (Wildman–Crippen LogP) is 2.38. The van der Waals surface area contributed by atoms with E-state index in [0.29, 0.717) is 6.54 Å². The SMILES string of the molecule is Fc1cccc(N2CCCC2)c1CNC[C@@H]1CN(C2CC2)CCO1. The van der Waals surface area contributed by atoms with Gasteiger partial charge in [-0.15, -0.1) is 0 Å². The average molecular weight is 333 g/mol. The van der Waals surface area contributed by atoms with Crippen molar-refractivity contribution < 1.29 is 9.13 Å². The van der Waals surface area contributed by atoms with E-state index in [9.17, 15) is 4.39 Å². The van der Waals surface area contributed by atoms with Crippen LogP contribution in [0.25, 0.3) is 0 Å². The Hall–Kier alpha value is -1.17. The van der Waals surface area contributed by atoms with Gasteiger partial charge in [-0.3, -0.25) is 4.90 Å².